The molecule has 0 amide bonds. The minimum Gasteiger partial charge on any atom is -0.495 e. The van der Waals surface area contributed by atoms with Crippen molar-refractivity contribution >= 4 is 0 Å². The molecule has 4 heteroatoms. The van der Waals surface area contributed by atoms with E-state index in [2.05, 4.69) is 41.6 Å². The number of pyridine rings is 1. The predicted octanol–water partition coefficient (Wildman–Crippen LogP) is 2.60. The van der Waals surface area contributed by atoms with Gasteiger partial charge < -0.3 is 4.74 Å². The van der Waals surface area contributed by atoms with Crippen molar-refractivity contribution in [2.24, 2.45) is 5.84 Å². The molecule has 0 aliphatic heterocycles. The first-order valence-electron chi connectivity index (χ1n) is 6.83. The maximum Gasteiger partial charge on any atom is 0.142 e. The van der Waals surface area contributed by atoms with Gasteiger partial charge in [-0.15, -0.1) is 0 Å². The molecule has 20 heavy (non-hydrogen) atoms. The van der Waals surface area contributed by atoms with Crippen LogP contribution in [0.3, 0.4) is 0 Å². The summed E-state index contributed by atoms with van der Waals surface area (Å²) in [6, 6.07) is 10.3. The summed E-state index contributed by atoms with van der Waals surface area (Å²) in [6.07, 6.45) is 5.69. The van der Waals surface area contributed by atoms with E-state index < -0.39 is 0 Å². The maximum atomic E-state index is 5.73. The molecular weight excluding hydrogens is 250 g/mol. The van der Waals surface area contributed by atoms with E-state index in [0.29, 0.717) is 0 Å². The van der Waals surface area contributed by atoms with Crippen molar-refractivity contribution in [3.05, 3.63) is 59.4 Å². The monoisotopic (exact) mass is 271 g/mol. The number of benzene rings is 1. The molecule has 0 saturated heterocycles. The molecule has 0 spiro atoms. The molecule has 0 saturated carbocycles. The number of rotatable bonds is 6. The Morgan fingerprint density at radius 3 is 2.60 bits per heavy atom. The van der Waals surface area contributed by atoms with Crippen LogP contribution in [0.2, 0.25) is 0 Å². The van der Waals surface area contributed by atoms with Crippen LogP contribution in [0, 0.1) is 0 Å². The normalized spacial score (nSPS) is 12.2. The molecule has 3 N–H and O–H groups in total. The van der Waals surface area contributed by atoms with Crippen molar-refractivity contribution in [3.63, 3.8) is 0 Å². The summed E-state index contributed by atoms with van der Waals surface area (Å²) in [7, 11) is 1.64. The first-order chi connectivity index (χ1) is 9.80. The third kappa shape index (κ3) is 3.15. The van der Waals surface area contributed by atoms with Crippen LogP contribution in [0.1, 0.15) is 36.1 Å². The summed E-state index contributed by atoms with van der Waals surface area (Å²) in [5, 5.41) is 0. The Kier molecular flexibility index (Phi) is 5.09. The summed E-state index contributed by atoms with van der Waals surface area (Å²) in [5.41, 5.74) is 6.28. The highest BCUT2D eigenvalue weighted by atomic mass is 16.5. The Morgan fingerprint density at radius 1 is 1.25 bits per heavy atom. The molecule has 2 rings (SSSR count). The van der Waals surface area contributed by atoms with Crippen molar-refractivity contribution in [1.29, 1.82) is 0 Å². The molecule has 2 aromatic rings. The van der Waals surface area contributed by atoms with Gasteiger partial charge in [0.05, 0.1) is 19.3 Å². The van der Waals surface area contributed by atoms with Gasteiger partial charge in [-0.3, -0.25) is 10.8 Å². The van der Waals surface area contributed by atoms with Crippen LogP contribution < -0.4 is 16.0 Å². The standard InChI is InChI=1S/C16H21N3O/c1-3-4-12-5-7-13(8-6-12)16(19-17)14-9-10-18-11-15(14)20-2/h5-11,16,19H,3-4,17H2,1-2H3. The maximum absolute atomic E-state index is 5.73. The minimum atomic E-state index is -0.108. The van der Waals surface area contributed by atoms with Gasteiger partial charge in [0.15, 0.2) is 0 Å². The molecule has 1 atom stereocenters. The van der Waals surface area contributed by atoms with Crippen LogP contribution in [0.25, 0.3) is 0 Å². The number of nitrogens with zero attached hydrogens (tertiary/aromatic N) is 1. The van der Waals surface area contributed by atoms with Gasteiger partial charge in [-0.05, 0) is 23.6 Å². The third-order valence-corrected chi connectivity index (χ3v) is 3.37. The first kappa shape index (κ1) is 14.5. The van der Waals surface area contributed by atoms with Crippen molar-refractivity contribution in [1.82, 2.24) is 10.4 Å². The Hall–Kier alpha value is -1.91. The molecule has 0 aliphatic rings. The van der Waals surface area contributed by atoms with Crippen LogP contribution in [0.4, 0.5) is 0 Å². The van der Waals surface area contributed by atoms with E-state index in [1.54, 1.807) is 19.5 Å². The second-order valence-electron chi connectivity index (χ2n) is 4.71. The molecule has 0 aliphatic carbocycles. The van der Waals surface area contributed by atoms with Crippen molar-refractivity contribution < 1.29 is 4.74 Å². The number of aromatic nitrogens is 1. The second-order valence-corrected chi connectivity index (χ2v) is 4.71. The molecular formula is C16H21N3O. The number of aryl methyl sites for hydroxylation is 1. The zero-order valence-electron chi connectivity index (χ0n) is 12.0. The van der Waals surface area contributed by atoms with Gasteiger partial charge in [-0.1, -0.05) is 37.6 Å². The zero-order chi connectivity index (χ0) is 14.4. The van der Waals surface area contributed by atoms with E-state index >= 15 is 0 Å². The summed E-state index contributed by atoms with van der Waals surface area (Å²) < 4.78 is 5.35. The fourth-order valence-electron chi connectivity index (χ4n) is 2.33. The molecule has 106 valence electrons. The summed E-state index contributed by atoms with van der Waals surface area (Å²) >= 11 is 0. The van der Waals surface area contributed by atoms with Crippen LogP contribution in [-0.2, 0) is 6.42 Å². The smallest absolute Gasteiger partial charge is 0.142 e. The van der Waals surface area contributed by atoms with Gasteiger partial charge in [0, 0.05) is 11.8 Å². The first-order valence-corrected chi connectivity index (χ1v) is 6.83. The number of hydrogen-bond acceptors (Lipinski definition) is 4. The SMILES string of the molecule is CCCc1ccc(C(NN)c2ccncc2OC)cc1. The fraction of sp³-hybridized carbons (Fsp3) is 0.312. The van der Waals surface area contributed by atoms with E-state index in [0.717, 1.165) is 29.7 Å². The summed E-state index contributed by atoms with van der Waals surface area (Å²) in [6.45, 7) is 2.18. The number of methoxy groups -OCH3 is 1. The van der Waals surface area contributed by atoms with Gasteiger partial charge >= 0.3 is 0 Å². The molecule has 1 unspecified atom stereocenters. The summed E-state index contributed by atoms with van der Waals surface area (Å²) in [5.74, 6) is 6.46. The third-order valence-electron chi connectivity index (χ3n) is 3.37. The quantitative estimate of drug-likeness (QED) is 0.626. The lowest BCUT2D eigenvalue weighted by Crippen LogP contribution is -2.29. The van der Waals surface area contributed by atoms with Gasteiger partial charge in [-0.2, -0.15) is 0 Å². The predicted molar refractivity (Wildman–Crippen MR) is 80.4 cm³/mol. The van der Waals surface area contributed by atoms with Crippen molar-refractivity contribution in [2.75, 3.05) is 7.11 Å². The highest BCUT2D eigenvalue weighted by Gasteiger charge is 2.16. The molecule has 1 aromatic carbocycles. The number of nitrogens with two attached hydrogens (primary N) is 1. The molecule has 1 aromatic heterocycles. The molecule has 0 radical (unpaired) electrons. The van der Waals surface area contributed by atoms with Gasteiger partial charge in [-0.25, -0.2) is 5.43 Å². The second kappa shape index (κ2) is 7.03. The van der Waals surface area contributed by atoms with Gasteiger partial charge in [0.2, 0.25) is 0 Å². The number of nitrogens with one attached hydrogen (secondary N) is 1. The Morgan fingerprint density at radius 2 is 2.00 bits per heavy atom. The number of hydrogen-bond donors (Lipinski definition) is 2. The van der Waals surface area contributed by atoms with Crippen LogP contribution >= 0.6 is 0 Å². The molecule has 0 bridgehead atoms. The highest BCUT2D eigenvalue weighted by Crippen LogP contribution is 2.28. The fourth-order valence-corrected chi connectivity index (χ4v) is 2.33. The topological polar surface area (TPSA) is 60.2 Å². The number of ether oxygens (including phenoxy) is 1. The van der Waals surface area contributed by atoms with Crippen LogP contribution in [0.15, 0.2) is 42.7 Å². The lowest BCUT2D eigenvalue weighted by Gasteiger charge is -2.19. The molecule has 4 nitrogen and oxygen atoms in total. The Bertz CT molecular complexity index is 540. The van der Waals surface area contributed by atoms with E-state index in [1.165, 1.54) is 5.56 Å². The van der Waals surface area contributed by atoms with Crippen molar-refractivity contribution in [2.45, 2.75) is 25.8 Å². The zero-order valence-corrected chi connectivity index (χ0v) is 12.0. The average molecular weight is 271 g/mol. The summed E-state index contributed by atoms with van der Waals surface area (Å²) in [4.78, 5) is 4.07. The van der Waals surface area contributed by atoms with Gasteiger partial charge in [0.25, 0.3) is 0 Å². The minimum absolute atomic E-state index is 0.108. The van der Waals surface area contributed by atoms with E-state index in [-0.39, 0.29) is 6.04 Å². The largest absolute Gasteiger partial charge is 0.495 e. The lowest BCUT2D eigenvalue weighted by molar-refractivity contribution is 0.402. The Balaban J connectivity index is 2.31. The average Bonchev–Trinajstić information content (AvgIpc) is 2.50. The lowest BCUT2D eigenvalue weighted by atomic mass is 9.97. The van der Waals surface area contributed by atoms with E-state index in [4.69, 9.17) is 10.6 Å². The van der Waals surface area contributed by atoms with Crippen LogP contribution in [0.5, 0.6) is 5.75 Å². The van der Waals surface area contributed by atoms with Crippen LogP contribution in [-0.4, -0.2) is 12.1 Å². The highest BCUT2D eigenvalue weighted by molar-refractivity contribution is 5.40. The Labute approximate surface area is 120 Å². The number of hydrazine groups is 1. The van der Waals surface area contributed by atoms with E-state index in [9.17, 15) is 0 Å². The van der Waals surface area contributed by atoms with Crippen molar-refractivity contribution in [3.8, 4) is 5.75 Å². The van der Waals surface area contributed by atoms with Gasteiger partial charge in [0.1, 0.15) is 5.75 Å². The molecule has 1 heterocycles. The van der Waals surface area contributed by atoms with E-state index in [1.807, 2.05) is 6.07 Å². The molecule has 0 fully saturated rings.